The minimum Gasteiger partial charge on any atom is -0.462 e. The average molecular weight is 666 g/mol. The van der Waals surface area contributed by atoms with Crippen LogP contribution in [-0.2, 0) is 30.6 Å². The van der Waals surface area contributed by atoms with Crippen LogP contribution in [0.4, 0.5) is 13.2 Å². The van der Waals surface area contributed by atoms with Crippen molar-refractivity contribution >= 4 is 46.8 Å². The van der Waals surface area contributed by atoms with Crippen LogP contribution >= 0.6 is 18.2 Å². The van der Waals surface area contributed by atoms with Crippen LogP contribution in [0, 0.1) is 0 Å². The fourth-order valence-corrected chi connectivity index (χ4v) is 6.89. The first-order valence-electron chi connectivity index (χ1n) is 12.9. The van der Waals surface area contributed by atoms with Gasteiger partial charge in [0.15, 0.2) is 18.0 Å². The van der Waals surface area contributed by atoms with Gasteiger partial charge < -0.3 is 23.6 Å². The van der Waals surface area contributed by atoms with Gasteiger partial charge in [-0.25, -0.2) is 23.1 Å². The molecule has 1 aliphatic rings. The number of hydrogen-bond donors (Lipinski definition) is 3. The second kappa shape index (κ2) is 13.1. The van der Waals surface area contributed by atoms with Gasteiger partial charge in [-0.15, -0.1) is 0 Å². The maximum Gasteiger partial charge on any atom is 0.330 e. The third-order valence-electron chi connectivity index (χ3n) is 6.47. The number of rotatable bonds is 11. The Morgan fingerprint density at radius 3 is 2.58 bits per heavy atom. The maximum absolute atomic E-state index is 15.3. The molecule has 1 fully saturated rings. The van der Waals surface area contributed by atoms with Crippen LogP contribution in [0.2, 0.25) is 5.02 Å². The molecular formula is C26H28ClF3N3O8PS. The summed E-state index contributed by atoms with van der Waals surface area (Å²) >= 11 is 11.4. The number of hydrogen-bond acceptors (Lipinski definition) is 9. The Balaban J connectivity index is 1.69. The second-order valence-corrected chi connectivity index (χ2v) is 13.5. The second-order valence-electron chi connectivity index (χ2n) is 9.97. The SMILES string of the molecule is CC(C)OC(=O)C(C)NP(=S)(OCC1(C(F)F)OC(n2cc(Cl)c(=O)[nH]c2=O)C(F)C1O)Oc1cccc2ccccc12. The fraction of sp³-hybridized carbons (Fsp3) is 0.423. The third-order valence-corrected chi connectivity index (χ3v) is 9.20. The zero-order valence-corrected chi connectivity index (χ0v) is 25.4. The van der Waals surface area contributed by atoms with Crippen LogP contribution in [0.3, 0.4) is 0 Å². The number of nitrogens with one attached hydrogen (secondary N) is 2. The average Bonchev–Trinajstić information content (AvgIpc) is 3.20. The molecule has 43 heavy (non-hydrogen) atoms. The fourth-order valence-electron chi connectivity index (χ4n) is 4.31. The molecule has 6 unspecified atom stereocenters. The first-order chi connectivity index (χ1) is 20.2. The highest BCUT2D eigenvalue weighted by atomic mass is 35.5. The van der Waals surface area contributed by atoms with E-state index in [1.54, 1.807) is 56.3 Å². The minimum atomic E-state index is -4.00. The summed E-state index contributed by atoms with van der Waals surface area (Å²) in [6.45, 7) is -0.594. The van der Waals surface area contributed by atoms with E-state index in [0.717, 1.165) is 5.39 Å². The summed E-state index contributed by atoms with van der Waals surface area (Å²) in [5.74, 6) is -0.554. The molecule has 11 nitrogen and oxygen atoms in total. The number of aliphatic hydroxyl groups is 1. The van der Waals surface area contributed by atoms with E-state index in [1.165, 1.54) is 6.92 Å². The van der Waals surface area contributed by atoms with Crippen LogP contribution in [0.5, 0.6) is 5.75 Å². The summed E-state index contributed by atoms with van der Waals surface area (Å²) in [6.07, 6.45) is -10.6. The summed E-state index contributed by atoms with van der Waals surface area (Å²) in [6, 6.07) is 10.9. The van der Waals surface area contributed by atoms with Crippen LogP contribution in [-0.4, -0.2) is 63.7 Å². The summed E-state index contributed by atoms with van der Waals surface area (Å²) < 4.78 is 67.3. The van der Waals surface area contributed by atoms with Crippen molar-refractivity contribution in [3.05, 3.63) is 74.5 Å². The summed E-state index contributed by atoms with van der Waals surface area (Å²) in [7, 11) is 0. The molecule has 2 heterocycles. The van der Waals surface area contributed by atoms with E-state index in [1.807, 2.05) is 4.98 Å². The van der Waals surface area contributed by atoms with E-state index >= 15 is 4.39 Å². The normalized spacial score (nSPS) is 24.3. The van der Waals surface area contributed by atoms with Crippen molar-refractivity contribution in [2.45, 2.75) is 63.4 Å². The topological polar surface area (TPSA) is 141 Å². The van der Waals surface area contributed by atoms with E-state index in [-0.39, 0.29) is 5.75 Å². The highest BCUT2D eigenvalue weighted by Crippen LogP contribution is 2.50. The van der Waals surface area contributed by atoms with E-state index in [0.29, 0.717) is 16.2 Å². The van der Waals surface area contributed by atoms with E-state index in [4.69, 9.17) is 41.9 Å². The Kier molecular flexibility index (Phi) is 10.1. The molecule has 0 amide bonds. The zero-order valence-electron chi connectivity index (χ0n) is 22.9. The van der Waals surface area contributed by atoms with Crippen molar-refractivity contribution in [3.63, 3.8) is 0 Å². The molecule has 0 saturated carbocycles. The highest BCUT2D eigenvalue weighted by Gasteiger charge is 2.62. The Hall–Kier alpha value is -2.78. The number of nitrogens with zero attached hydrogens (tertiary/aromatic N) is 1. The molecule has 1 saturated heterocycles. The molecule has 3 N–H and O–H groups in total. The van der Waals surface area contributed by atoms with Crippen LogP contribution in [0.1, 0.15) is 27.0 Å². The molecule has 1 aromatic heterocycles. The Morgan fingerprint density at radius 1 is 1.23 bits per heavy atom. The molecular weight excluding hydrogens is 638 g/mol. The minimum absolute atomic E-state index is 0.188. The zero-order chi connectivity index (χ0) is 31.7. The van der Waals surface area contributed by atoms with Gasteiger partial charge in [-0.05, 0) is 44.0 Å². The summed E-state index contributed by atoms with van der Waals surface area (Å²) in [5, 5.41) is 14.2. The molecule has 0 spiro atoms. The number of alkyl halides is 3. The van der Waals surface area contributed by atoms with Gasteiger partial charge in [-0.2, -0.15) is 0 Å². The molecule has 0 aliphatic carbocycles. The van der Waals surface area contributed by atoms with Crippen LogP contribution in [0.25, 0.3) is 10.8 Å². The van der Waals surface area contributed by atoms with Gasteiger partial charge in [0, 0.05) is 11.6 Å². The van der Waals surface area contributed by atoms with E-state index in [2.05, 4.69) is 5.09 Å². The molecule has 3 aromatic rings. The van der Waals surface area contributed by atoms with Crippen LogP contribution < -0.4 is 20.9 Å². The lowest BCUT2D eigenvalue weighted by Crippen LogP contribution is -2.52. The largest absolute Gasteiger partial charge is 0.462 e. The number of halogens is 4. The molecule has 1 aliphatic heterocycles. The van der Waals surface area contributed by atoms with E-state index < -0.39 is 78.2 Å². The number of H-pyrrole nitrogens is 1. The number of benzene rings is 2. The van der Waals surface area contributed by atoms with Crippen molar-refractivity contribution in [3.8, 4) is 5.75 Å². The van der Waals surface area contributed by atoms with Crippen molar-refractivity contribution in [2.75, 3.05) is 6.61 Å². The Labute approximate surface area is 253 Å². The first-order valence-corrected chi connectivity index (χ1v) is 15.9. The number of aromatic nitrogens is 2. The third kappa shape index (κ3) is 6.98. The van der Waals surface area contributed by atoms with Crippen molar-refractivity contribution in [1.29, 1.82) is 0 Å². The molecule has 0 bridgehead atoms. The van der Waals surface area contributed by atoms with Gasteiger partial charge in [-0.3, -0.25) is 19.1 Å². The smallest absolute Gasteiger partial charge is 0.330 e. The maximum atomic E-state index is 15.3. The molecule has 0 radical (unpaired) electrons. The van der Waals surface area contributed by atoms with Gasteiger partial charge in [0.05, 0.1) is 12.7 Å². The lowest BCUT2D eigenvalue weighted by molar-refractivity contribution is -0.192. The summed E-state index contributed by atoms with van der Waals surface area (Å²) in [5.41, 5.74) is -5.28. The lowest BCUT2D eigenvalue weighted by Gasteiger charge is -2.34. The van der Waals surface area contributed by atoms with Gasteiger partial charge in [0.25, 0.3) is 12.0 Å². The highest BCUT2D eigenvalue weighted by molar-refractivity contribution is 8.09. The van der Waals surface area contributed by atoms with Gasteiger partial charge in [-0.1, -0.05) is 48.0 Å². The number of aliphatic hydroxyl groups excluding tert-OH is 1. The van der Waals surface area contributed by atoms with Crippen molar-refractivity contribution in [1.82, 2.24) is 14.6 Å². The molecule has 2 aromatic carbocycles. The number of ether oxygens (including phenoxy) is 2. The van der Waals surface area contributed by atoms with E-state index in [9.17, 15) is 28.3 Å². The Morgan fingerprint density at radius 2 is 1.91 bits per heavy atom. The van der Waals surface area contributed by atoms with Crippen molar-refractivity contribution < 1.29 is 41.6 Å². The van der Waals surface area contributed by atoms with Crippen molar-refractivity contribution in [2.24, 2.45) is 0 Å². The molecule has 17 heteroatoms. The lowest BCUT2D eigenvalue weighted by atomic mass is 9.97. The van der Waals surface area contributed by atoms with Gasteiger partial charge in [0.1, 0.15) is 22.9 Å². The van der Waals surface area contributed by atoms with Gasteiger partial charge in [0.2, 0.25) is 0 Å². The molecule has 6 atom stereocenters. The monoisotopic (exact) mass is 665 g/mol. The number of esters is 1. The molecule has 234 valence electrons. The first kappa shape index (κ1) is 33.1. The summed E-state index contributed by atoms with van der Waals surface area (Å²) in [4.78, 5) is 38.3. The molecule has 4 rings (SSSR count). The number of carbonyl (C=O) groups excluding carboxylic acids is 1. The Bertz CT molecular complexity index is 1650. The predicted octanol–water partition coefficient (Wildman–Crippen LogP) is 3.82. The predicted molar refractivity (Wildman–Crippen MR) is 155 cm³/mol. The van der Waals surface area contributed by atoms with Crippen LogP contribution in [0.15, 0.2) is 58.3 Å². The number of carbonyl (C=O) groups is 1. The number of aromatic amines is 1. The quantitative estimate of drug-likeness (QED) is 0.205. The van der Waals surface area contributed by atoms with Gasteiger partial charge >= 0.3 is 18.3 Å². The standard InChI is InChI=1S/C26H28ClF3N3O8PS/c1-13(2)39-23(36)14(3)32-42(43,41-18-10-6-8-15-7-4-5-9-16(15)18)38-12-26(24(29)30)20(34)19(28)22(40-26)33-11-17(27)21(35)31-25(33)37/h4-11,13-14,19-20,22,24,34H,12H2,1-3H3,(H,32,43)(H,31,35,37). The number of fused-ring (bicyclic) bond motifs is 1.